The van der Waals surface area contributed by atoms with Crippen LogP contribution in [0.15, 0.2) is 36.9 Å². The first-order chi connectivity index (χ1) is 10.7. The summed E-state index contributed by atoms with van der Waals surface area (Å²) < 4.78 is 1.77. The summed E-state index contributed by atoms with van der Waals surface area (Å²) in [5.74, 6) is -0.00208. The third kappa shape index (κ3) is 2.20. The predicted octanol–water partition coefficient (Wildman–Crippen LogP) is 1.40. The van der Waals surface area contributed by atoms with Crippen LogP contribution in [0.1, 0.15) is 36.0 Å². The van der Waals surface area contributed by atoms with E-state index in [2.05, 4.69) is 10.2 Å². The Balaban J connectivity index is 1.61. The van der Waals surface area contributed by atoms with E-state index in [0.717, 1.165) is 37.9 Å². The van der Waals surface area contributed by atoms with Crippen molar-refractivity contribution in [3.8, 4) is 5.69 Å². The Bertz CT molecular complexity index is 694. The molecule has 0 spiro atoms. The van der Waals surface area contributed by atoms with Gasteiger partial charge in [0, 0.05) is 17.8 Å². The molecule has 1 aliphatic heterocycles. The van der Waals surface area contributed by atoms with Gasteiger partial charge in [0.05, 0.1) is 11.6 Å². The zero-order valence-corrected chi connectivity index (χ0v) is 12.2. The summed E-state index contributed by atoms with van der Waals surface area (Å²) in [7, 11) is 0. The Morgan fingerprint density at radius 3 is 2.77 bits per heavy atom. The van der Waals surface area contributed by atoms with Crippen LogP contribution < -0.4 is 0 Å². The van der Waals surface area contributed by atoms with Crippen LogP contribution in [0, 0.1) is 0 Å². The number of amides is 1. The molecule has 6 heteroatoms. The highest BCUT2D eigenvalue weighted by Crippen LogP contribution is 2.44. The molecule has 1 unspecified atom stereocenters. The number of rotatable bonds is 3. The van der Waals surface area contributed by atoms with Gasteiger partial charge in [0.25, 0.3) is 5.91 Å². The van der Waals surface area contributed by atoms with Gasteiger partial charge in [0.15, 0.2) is 0 Å². The number of aliphatic hydroxyl groups is 1. The molecule has 6 nitrogen and oxygen atoms in total. The van der Waals surface area contributed by atoms with Gasteiger partial charge in [0.1, 0.15) is 12.7 Å². The maximum atomic E-state index is 12.8. The Morgan fingerprint density at radius 2 is 2.05 bits per heavy atom. The van der Waals surface area contributed by atoms with Crippen LogP contribution >= 0.6 is 0 Å². The molecule has 0 bridgehead atoms. The lowest BCUT2D eigenvalue weighted by Gasteiger charge is -2.29. The largest absolute Gasteiger partial charge is 0.388 e. The van der Waals surface area contributed by atoms with E-state index in [9.17, 15) is 9.90 Å². The van der Waals surface area contributed by atoms with Crippen molar-refractivity contribution in [1.29, 1.82) is 0 Å². The monoisotopic (exact) mass is 298 g/mol. The molecule has 2 heterocycles. The van der Waals surface area contributed by atoms with E-state index in [1.54, 1.807) is 17.2 Å². The van der Waals surface area contributed by atoms with Crippen molar-refractivity contribution >= 4 is 5.91 Å². The van der Waals surface area contributed by atoms with Crippen molar-refractivity contribution < 1.29 is 9.90 Å². The van der Waals surface area contributed by atoms with E-state index in [1.165, 1.54) is 0 Å². The van der Waals surface area contributed by atoms with E-state index < -0.39 is 5.60 Å². The number of likely N-dealkylation sites (tertiary alicyclic amines) is 1. The molecule has 114 valence electrons. The van der Waals surface area contributed by atoms with Crippen molar-refractivity contribution in [2.24, 2.45) is 0 Å². The van der Waals surface area contributed by atoms with E-state index in [1.807, 2.05) is 29.2 Å². The Hall–Kier alpha value is -2.21. The summed E-state index contributed by atoms with van der Waals surface area (Å²) >= 11 is 0. The van der Waals surface area contributed by atoms with Gasteiger partial charge in [0.2, 0.25) is 0 Å². The number of benzene rings is 1. The third-order valence-electron chi connectivity index (χ3n) is 4.71. The van der Waals surface area contributed by atoms with Crippen LogP contribution in [-0.2, 0) is 0 Å². The lowest BCUT2D eigenvalue weighted by molar-refractivity contribution is 0.0386. The van der Waals surface area contributed by atoms with Crippen LogP contribution in [0.25, 0.3) is 5.69 Å². The first kappa shape index (κ1) is 13.5. The first-order valence-corrected chi connectivity index (χ1v) is 7.66. The molecule has 2 fully saturated rings. The molecule has 0 radical (unpaired) electrons. The third-order valence-corrected chi connectivity index (χ3v) is 4.71. The summed E-state index contributed by atoms with van der Waals surface area (Å²) in [6, 6.07) is 7.41. The summed E-state index contributed by atoms with van der Waals surface area (Å²) in [6.07, 6.45) is 6.69. The van der Waals surface area contributed by atoms with Gasteiger partial charge in [-0.3, -0.25) is 9.36 Å². The molecule has 1 N–H and O–H groups in total. The second-order valence-electron chi connectivity index (χ2n) is 6.18. The van der Waals surface area contributed by atoms with Crippen LogP contribution in [-0.4, -0.2) is 48.9 Å². The van der Waals surface area contributed by atoms with Gasteiger partial charge >= 0.3 is 0 Å². The van der Waals surface area contributed by atoms with Crippen LogP contribution in [0.3, 0.4) is 0 Å². The predicted molar refractivity (Wildman–Crippen MR) is 79.6 cm³/mol. The fourth-order valence-corrected chi connectivity index (χ4v) is 3.33. The van der Waals surface area contributed by atoms with Crippen molar-refractivity contribution in [3.63, 3.8) is 0 Å². The highest BCUT2D eigenvalue weighted by Gasteiger charge is 2.52. The average molecular weight is 298 g/mol. The summed E-state index contributed by atoms with van der Waals surface area (Å²) in [6.45, 7) is 0.725. The van der Waals surface area contributed by atoms with Gasteiger partial charge in [-0.15, -0.1) is 10.2 Å². The highest BCUT2D eigenvalue weighted by atomic mass is 16.3. The second-order valence-corrected chi connectivity index (χ2v) is 6.18. The smallest absolute Gasteiger partial charge is 0.254 e. The Kier molecular flexibility index (Phi) is 3.00. The van der Waals surface area contributed by atoms with Crippen LogP contribution in [0.5, 0.6) is 0 Å². The molecule has 1 atom stereocenters. The van der Waals surface area contributed by atoms with E-state index >= 15 is 0 Å². The topological polar surface area (TPSA) is 71.2 Å². The highest BCUT2D eigenvalue weighted by molar-refractivity contribution is 5.95. The minimum absolute atomic E-state index is 0.00208. The van der Waals surface area contributed by atoms with Gasteiger partial charge in [-0.25, -0.2) is 0 Å². The molecule has 1 aliphatic carbocycles. The molecule has 2 aliphatic rings. The zero-order chi connectivity index (χ0) is 15.2. The van der Waals surface area contributed by atoms with E-state index in [0.29, 0.717) is 5.56 Å². The zero-order valence-electron chi connectivity index (χ0n) is 12.2. The van der Waals surface area contributed by atoms with Crippen molar-refractivity contribution in [3.05, 3.63) is 42.5 Å². The Morgan fingerprint density at radius 1 is 1.27 bits per heavy atom. The number of hydrogen-bond acceptors (Lipinski definition) is 4. The number of nitrogens with zero attached hydrogens (tertiary/aromatic N) is 4. The average Bonchev–Trinajstić information content (AvgIpc) is 3.03. The quantitative estimate of drug-likeness (QED) is 0.929. The number of hydrogen-bond donors (Lipinski definition) is 1. The maximum Gasteiger partial charge on any atom is 0.254 e. The summed E-state index contributed by atoms with van der Waals surface area (Å²) in [5, 5.41) is 18.0. The molecule has 1 saturated heterocycles. The fourth-order valence-electron chi connectivity index (χ4n) is 3.33. The van der Waals surface area contributed by atoms with Gasteiger partial charge in [-0.1, -0.05) is 6.07 Å². The SMILES string of the molecule is O=C(c1cccc(-n2cnnc2)c1)N1CCCC1C1(O)CC1. The minimum atomic E-state index is -0.641. The second kappa shape index (κ2) is 4.91. The normalized spacial score (nSPS) is 22.8. The fraction of sp³-hybridized carbons (Fsp3) is 0.438. The van der Waals surface area contributed by atoms with Crippen molar-refractivity contribution in [2.75, 3.05) is 6.54 Å². The molecule has 1 aromatic heterocycles. The van der Waals surface area contributed by atoms with E-state index in [4.69, 9.17) is 0 Å². The number of aromatic nitrogens is 3. The van der Waals surface area contributed by atoms with Gasteiger partial charge in [-0.2, -0.15) is 0 Å². The molecule has 2 aromatic rings. The summed E-state index contributed by atoms with van der Waals surface area (Å²) in [5.41, 5.74) is 0.858. The molecule has 1 saturated carbocycles. The molecule has 22 heavy (non-hydrogen) atoms. The maximum absolute atomic E-state index is 12.8. The molecule has 1 aromatic carbocycles. The van der Waals surface area contributed by atoms with E-state index in [-0.39, 0.29) is 11.9 Å². The number of carbonyl (C=O) groups is 1. The minimum Gasteiger partial charge on any atom is -0.388 e. The van der Waals surface area contributed by atoms with Crippen LogP contribution in [0.2, 0.25) is 0 Å². The molecule has 1 amide bonds. The summed E-state index contributed by atoms with van der Waals surface area (Å²) in [4.78, 5) is 14.7. The van der Waals surface area contributed by atoms with Gasteiger partial charge in [-0.05, 0) is 43.9 Å². The first-order valence-electron chi connectivity index (χ1n) is 7.66. The lowest BCUT2D eigenvalue weighted by Crippen LogP contribution is -2.44. The molecular formula is C16H18N4O2. The van der Waals surface area contributed by atoms with Gasteiger partial charge < -0.3 is 10.0 Å². The van der Waals surface area contributed by atoms with Crippen molar-refractivity contribution in [2.45, 2.75) is 37.3 Å². The lowest BCUT2D eigenvalue weighted by atomic mass is 10.1. The standard InChI is InChI=1S/C16H18N4O2/c21-15(20-8-2-5-14(20)16(22)6-7-16)12-3-1-4-13(9-12)19-10-17-18-11-19/h1,3-4,9-11,14,22H,2,5-8H2. The van der Waals surface area contributed by atoms with Crippen LogP contribution in [0.4, 0.5) is 0 Å². The molecule has 4 rings (SSSR count). The Labute approximate surface area is 128 Å². The molecular weight excluding hydrogens is 280 g/mol. The van der Waals surface area contributed by atoms with Crippen molar-refractivity contribution in [1.82, 2.24) is 19.7 Å². The number of carbonyl (C=O) groups excluding carboxylic acids is 1.